The van der Waals surface area contributed by atoms with Gasteiger partial charge in [0.15, 0.2) is 5.78 Å². The van der Waals surface area contributed by atoms with Crippen LogP contribution >= 0.6 is 11.8 Å². The number of hydrogen-bond donors (Lipinski definition) is 1. The molecule has 0 radical (unpaired) electrons. The Kier molecular flexibility index (Phi) is 8.80. The van der Waals surface area contributed by atoms with Crippen LogP contribution in [0.5, 0.6) is 5.75 Å². The number of nitriles is 1. The normalized spacial score (nSPS) is 10.5. The highest BCUT2D eigenvalue weighted by atomic mass is 32.2. The van der Waals surface area contributed by atoms with Gasteiger partial charge in [0.1, 0.15) is 16.8 Å². The van der Waals surface area contributed by atoms with Crippen molar-refractivity contribution < 1.29 is 14.3 Å². The minimum absolute atomic E-state index is 0.0469. The van der Waals surface area contributed by atoms with E-state index in [-0.39, 0.29) is 23.0 Å². The van der Waals surface area contributed by atoms with Gasteiger partial charge in [0.05, 0.1) is 29.2 Å². The average molecular weight is 536 g/mol. The molecule has 7 heteroatoms. The van der Waals surface area contributed by atoms with Crippen molar-refractivity contribution in [2.24, 2.45) is 0 Å². The number of para-hydroxylation sites is 1. The van der Waals surface area contributed by atoms with Crippen LogP contribution in [0.3, 0.4) is 0 Å². The molecule has 0 fully saturated rings. The maximum absolute atomic E-state index is 13.5. The molecular formula is C32H29N3O3S. The summed E-state index contributed by atoms with van der Waals surface area (Å²) < 4.78 is 5.58. The summed E-state index contributed by atoms with van der Waals surface area (Å²) >= 11 is 1.21. The zero-order chi connectivity index (χ0) is 27.9. The minimum Gasteiger partial charge on any atom is -0.494 e. The monoisotopic (exact) mass is 535 g/mol. The van der Waals surface area contributed by atoms with E-state index in [1.807, 2.05) is 81.4 Å². The van der Waals surface area contributed by atoms with Crippen molar-refractivity contribution in [3.8, 4) is 22.9 Å². The number of carbonyl (C=O) groups excluding carboxylic acids is 2. The molecule has 6 nitrogen and oxygen atoms in total. The average Bonchev–Trinajstić information content (AvgIpc) is 2.92. The molecule has 1 amide bonds. The molecule has 0 saturated carbocycles. The molecule has 0 bridgehead atoms. The molecule has 4 aromatic rings. The van der Waals surface area contributed by atoms with E-state index in [0.717, 1.165) is 11.1 Å². The summed E-state index contributed by atoms with van der Waals surface area (Å²) in [5.41, 5.74) is 5.46. The van der Waals surface area contributed by atoms with Gasteiger partial charge in [0, 0.05) is 16.8 Å². The number of Topliss-reactive ketones (excluding diaryl/α,β-unsaturated/α-hetero) is 1. The standard InChI is InChI=1S/C32H29N3O3S/c1-5-38-25-14-12-23(13-15-25)30-27(18-33)32(39-19-28(36)26-16-11-20(2)17-21(26)3)34-22(4)29(30)31(37)35-24-9-7-6-8-10-24/h6-17H,5,19H2,1-4H3,(H,35,37). The molecule has 4 rings (SSSR count). The van der Waals surface area contributed by atoms with Crippen molar-refractivity contribution in [3.63, 3.8) is 0 Å². The van der Waals surface area contributed by atoms with Gasteiger partial charge < -0.3 is 10.1 Å². The number of aromatic nitrogens is 1. The summed E-state index contributed by atoms with van der Waals surface area (Å²) in [6.45, 7) is 8.08. The van der Waals surface area contributed by atoms with Crippen molar-refractivity contribution in [1.82, 2.24) is 4.98 Å². The molecule has 0 atom stereocenters. The number of thioether (sulfide) groups is 1. The summed E-state index contributed by atoms with van der Waals surface area (Å²) in [6, 6.07) is 24.4. The predicted molar refractivity (Wildman–Crippen MR) is 156 cm³/mol. The van der Waals surface area contributed by atoms with Gasteiger partial charge >= 0.3 is 0 Å². The van der Waals surface area contributed by atoms with E-state index >= 15 is 0 Å². The second-order valence-corrected chi connectivity index (χ2v) is 10.0. The van der Waals surface area contributed by atoms with E-state index in [2.05, 4.69) is 16.4 Å². The van der Waals surface area contributed by atoms with Crippen molar-refractivity contribution >= 4 is 29.1 Å². The van der Waals surface area contributed by atoms with Crippen molar-refractivity contribution in [2.75, 3.05) is 17.7 Å². The van der Waals surface area contributed by atoms with Crippen molar-refractivity contribution in [2.45, 2.75) is 32.7 Å². The second kappa shape index (κ2) is 12.4. The lowest BCUT2D eigenvalue weighted by Gasteiger charge is -2.17. The summed E-state index contributed by atoms with van der Waals surface area (Å²) in [6.07, 6.45) is 0. The molecule has 39 heavy (non-hydrogen) atoms. The maximum Gasteiger partial charge on any atom is 0.258 e. The number of benzene rings is 3. The first-order chi connectivity index (χ1) is 18.8. The number of hydrogen-bond acceptors (Lipinski definition) is 6. The van der Waals surface area contributed by atoms with Crippen LogP contribution in [0.4, 0.5) is 5.69 Å². The number of pyridine rings is 1. The summed E-state index contributed by atoms with van der Waals surface area (Å²) in [4.78, 5) is 31.2. The molecule has 0 saturated heterocycles. The lowest BCUT2D eigenvalue weighted by atomic mass is 9.94. The SMILES string of the molecule is CCOc1ccc(-c2c(C#N)c(SCC(=O)c3ccc(C)cc3C)nc(C)c2C(=O)Nc2ccccc2)cc1. The summed E-state index contributed by atoms with van der Waals surface area (Å²) in [7, 11) is 0. The Labute approximate surface area is 233 Å². The first-order valence-corrected chi connectivity index (χ1v) is 13.6. The van der Waals surface area contributed by atoms with Gasteiger partial charge in [-0.3, -0.25) is 9.59 Å². The Hall–Kier alpha value is -4.41. The zero-order valence-corrected chi connectivity index (χ0v) is 23.2. The number of carbonyl (C=O) groups is 2. The molecule has 1 heterocycles. The maximum atomic E-state index is 13.5. The van der Waals surface area contributed by atoms with Crippen LogP contribution in [-0.2, 0) is 0 Å². The number of ketones is 1. The molecule has 0 aliphatic heterocycles. The molecule has 0 aliphatic rings. The highest BCUT2D eigenvalue weighted by Crippen LogP contribution is 2.36. The van der Waals surface area contributed by atoms with E-state index in [1.165, 1.54) is 11.8 Å². The third-order valence-corrected chi connectivity index (χ3v) is 7.17. The van der Waals surface area contributed by atoms with Crippen LogP contribution in [0.2, 0.25) is 0 Å². The number of nitrogens with one attached hydrogen (secondary N) is 1. The third-order valence-electron chi connectivity index (χ3n) is 6.19. The second-order valence-electron chi connectivity index (χ2n) is 9.05. The van der Waals surface area contributed by atoms with E-state index in [0.29, 0.717) is 51.0 Å². The van der Waals surface area contributed by atoms with Crippen LogP contribution < -0.4 is 10.1 Å². The van der Waals surface area contributed by atoms with Gasteiger partial charge in [-0.15, -0.1) is 0 Å². The largest absolute Gasteiger partial charge is 0.494 e. The van der Waals surface area contributed by atoms with Gasteiger partial charge in [0.2, 0.25) is 0 Å². The number of nitrogens with zero attached hydrogens (tertiary/aromatic N) is 2. The zero-order valence-electron chi connectivity index (χ0n) is 22.4. The lowest BCUT2D eigenvalue weighted by Crippen LogP contribution is -2.17. The Bertz CT molecular complexity index is 1560. The molecule has 3 aromatic carbocycles. The first-order valence-electron chi connectivity index (χ1n) is 12.6. The fourth-order valence-electron chi connectivity index (χ4n) is 4.39. The lowest BCUT2D eigenvalue weighted by molar-refractivity contribution is 0.101. The summed E-state index contributed by atoms with van der Waals surface area (Å²) in [5.74, 6) is 0.391. The molecule has 196 valence electrons. The Morgan fingerprint density at radius 1 is 1.00 bits per heavy atom. The molecule has 0 unspecified atom stereocenters. The fraction of sp³-hybridized carbons (Fsp3) is 0.188. The van der Waals surface area contributed by atoms with Gasteiger partial charge in [0.25, 0.3) is 5.91 Å². The van der Waals surface area contributed by atoms with E-state index in [4.69, 9.17) is 4.74 Å². The third kappa shape index (κ3) is 6.36. The van der Waals surface area contributed by atoms with Gasteiger partial charge in [-0.05, 0) is 63.1 Å². The first kappa shape index (κ1) is 27.6. The van der Waals surface area contributed by atoms with Gasteiger partial charge in [-0.25, -0.2) is 4.98 Å². The molecule has 0 spiro atoms. The Balaban J connectivity index is 1.77. The molecular weight excluding hydrogens is 506 g/mol. The minimum atomic E-state index is -0.366. The van der Waals surface area contributed by atoms with E-state index in [1.54, 1.807) is 19.1 Å². The van der Waals surface area contributed by atoms with Crippen LogP contribution in [0.15, 0.2) is 77.8 Å². The summed E-state index contributed by atoms with van der Waals surface area (Å²) in [5, 5.41) is 13.6. The number of ether oxygens (including phenoxy) is 1. The molecule has 0 aliphatic carbocycles. The van der Waals surface area contributed by atoms with Gasteiger partial charge in [-0.1, -0.05) is 65.9 Å². The van der Waals surface area contributed by atoms with Crippen LogP contribution in [0.1, 0.15) is 50.0 Å². The Morgan fingerprint density at radius 3 is 2.36 bits per heavy atom. The van der Waals surface area contributed by atoms with Crippen LogP contribution in [-0.4, -0.2) is 29.0 Å². The Morgan fingerprint density at radius 2 is 1.72 bits per heavy atom. The number of aryl methyl sites for hydroxylation is 3. The number of rotatable bonds is 9. The smallest absolute Gasteiger partial charge is 0.258 e. The van der Waals surface area contributed by atoms with Crippen LogP contribution in [0.25, 0.3) is 11.1 Å². The van der Waals surface area contributed by atoms with Crippen molar-refractivity contribution in [3.05, 3.63) is 106 Å². The van der Waals surface area contributed by atoms with E-state index in [9.17, 15) is 14.9 Å². The topological polar surface area (TPSA) is 92.1 Å². The highest BCUT2D eigenvalue weighted by Gasteiger charge is 2.25. The molecule has 1 aromatic heterocycles. The predicted octanol–water partition coefficient (Wildman–Crippen LogP) is 7.17. The molecule has 1 N–H and O–H groups in total. The van der Waals surface area contributed by atoms with E-state index < -0.39 is 0 Å². The number of anilines is 1. The fourth-order valence-corrected chi connectivity index (χ4v) is 5.31. The van der Waals surface area contributed by atoms with Crippen molar-refractivity contribution in [1.29, 1.82) is 5.26 Å². The van der Waals surface area contributed by atoms with Crippen LogP contribution in [0, 0.1) is 32.1 Å². The highest BCUT2D eigenvalue weighted by molar-refractivity contribution is 8.00. The number of amides is 1. The quantitative estimate of drug-likeness (QED) is 0.180. The van der Waals surface area contributed by atoms with Gasteiger partial charge in [-0.2, -0.15) is 5.26 Å².